The fourth-order valence-corrected chi connectivity index (χ4v) is 3.65. The Labute approximate surface area is 126 Å². The fourth-order valence-electron chi connectivity index (χ4n) is 3.65. The number of nitrogens with one attached hydrogen (secondary N) is 2. The minimum absolute atomic E-state index is 0.0963. The molecule has 21 heavy (non-hydrogen) atoms. The molecule has 5 heteroatoms. The van der Waals surface area contributed by atoms with Crippen LogP contribution in [0.1, 0.15) is 58.3 Å². The van der Waals surface area contributed by atoms with Crippen LogP contribution in [0.25, 0.3) is 0 Å². The highest BCUT2D eigenvalue weighted by atomic mass is 16.4. The van der Waals surface area contributed by atoms with Gasteiger partial charge in [0.25, 0.3) is 0 Å². The molecule has 0 aromatic carbocycles. The number of carbonyl (C=O) groups excluding carboxylic acids is 1. The highest BCUT2D eigenvalue weighted by Crippen LogP contribution is 2.34. The zero-order valence-corrected chi connectivity index (χ0v) is 13.0. The Morgan fingerprint density at radius 3 is 2.48 bits per heavy atom. The van der Waals surface area contributed by atoms with Crippen LogP contribution in [0.3, 0.4) is 0 Å². The van der Waals surface area contributed by atoms with E-state index < -0.39 is 11.5 Å². The topological polar surface area (TPSA) is 78.4 Å². The molecule has 1 atom stereocenters. The van der Waals surface area contributed by atoms with Gasteiger partial charge in [-0.15, -0.1) is 0 Å². The van der Waals surface area contributed by atoms with E-state index in [1.54, 1.807) is 0 Å². The number of piperidine rings is 1. The smallest absolute Gasteiger partial charge is 0.329 e. The van der Waals surface area contributed by atoms with Crippen LogP contribution >= 0.6 is 0 Å². The standard InChI is InChI=1S/C16H28N2O3/c1-2-12-5-7-16(8-6-12,15(20)21)18-14(19)10-13-4-3-9-17-11-13/h12-13,17H,2-11H2,1H3,(H,18,19)(H,20,21). The van der Waals surface area contributed by atoms with E-state index in [4.69, 9.17) is 0 Å². The molecule has 0 aromatic rings. The zero-order valence-electron chi connectivity index (χ0n) is 13.0. The molecule has 0 spiro atoms. The van der Waals surface area contributed by atoms with Crippen LogP contribution < -0.4 is 10.6 Å². The van der Waals surface area contributed by atoms with E-state index in [1.807, 2.05) is 0 Å². The minimum atomic E-state index is -1.02. The van der Waals surface area contributed by atoms with Crippen LogP contribution in [0.15, 0.2) is 0 Å². The van der Waals surface area contributed by atoms with Crippen molar-refractivity contribution in [3.05, 3.63) is 0 Å². The highest BCUT2D eigenvalue weighted by Gasteiger charge is 2.43. The summed E-state index contributed by atoms with van der Waals surface area (Å²) in [4.78, 5) is 23.9. The number of carboxylic acids is 1. The van der Waals surface area contributed by atoms with Crippen molar-refractivity contribution >= 4 is 11.9 Å². The first-order valence-electron chi connectivity index (χ1n) is 8.31. The maximum Gasteiger partial charge on any atom is 0.329 e. The molecule has 1 heterocycles. The quantitative estimate of drug-likeness (QED) is 0.724. The van der Waals surface area contributed by atoms with Crippen molar-refractivity contribution in [1.82, 2.24) is 10.6 Å². The van der Waals surface area contributed by atoms with Crippen molar-refractivity contribution in [3.63, 3.8) is 0 Å². The SMILES string of the molecule is CCC1CCC(NC(=O)CC2CCCNC2)(C(=O)O)CC1. The molecular weight excluding hydrogens is 268 g/mol. The van der Waals surface area contributed by atoms with Crippen molar-refractivity contribution in [2.75, 3.05) is 13.1 Å². The van der Waals surface area contributed by atoms with E-state index in [9.17, 15) is 14.7 Å². The minimum Gasteiger partial charge on any atom is -0.480 e. The van der Waals surface area contributed by atoms with Crippen LogP contribution in [0, 0.1) is 11.8 Å². The molecule has 0 radical (unpaired) electrons. The number of amides is 1. The first-order chi connectivity index (χ1) is 10.1. The second-order valence-corrected chi connectivity index (χ2v) is 6.70. The summed E-state index contributed by atoms with van der Waals surface area (Å²) < 4.78 is 0. The van der Waals surface area contributed by atoms with Crippen molar-refractivity contribution in [2.45, 2.75) is 63.8 Å². The average Bonchev–Trinajstić information content (AvgIpc) is 2.48. The lowest BCUT2D eigenvalue weighted by atomic mass is 9.75. The summed E-state index contributed by atoms with van der Waals surface area (Å²) in [5.74, 6) is -0.0123. The van der Waals surface area contributed by atoms with Crippen molar-refractivity contribution in [2.24, 2.45) is 11.8 Å². The van der Waals surface area contributed by atoms with E-state index in [2.05, 4.69) is 17.6 Å². The molecule has 0 aromatic heterocycles. The number of hydrogen-bond acceptors (Lipinski definition) is 3. The van der Waals surface area contributed by atoms with Gasteiger partial charge < -0.3 is 15.7 Å². The summed E-state index contributed by atoms with van der Waals surface area (Å²) >= 11 is 0. The summed E-state index contributed by atoms with van der Waals surface area (Å²) in [6.45, 7) is 4.04. The molecule has 1 saturated heterocycles. The maximum atomic E-state index is 12.2. The average molecular weight is 296 g/mol. The second-order valence-electron chi connectivity index (χ2n) is 6.70. The molecule has 5 nitrogen and oxygen atoms in total. The Morgan fingerprint density at radius 2 is 1.95 bits per heavy atom. The van der Waals surface area contributed by atoms with E-state index >= 15 is 0 Å². The Hall–Kier alpha value is -1.10. The molecule has 120 valence electrons. The summed E-state index contributed by atoms with van der Waals surface area (Å²) in [5.41, 5.74) is -1.02. The van der Waals surface area contributed by atoms with E-state index in [-0.39, 0.29) is 5.91 Å². The Kier molecular flexibility index (Phi) is 5.62. The van der Waals surface area contributed by atoms with Gasteiger partial charge in [0.1, 0.15) is 5.54 Å². The summed E-state index contributed by atoms with van der Waals surface area (Å²) in [6, 6.07) is 0. The number of rotatable bonds is 5. The van der Waals surface area contributed by atoms with E-state index in [0.29, 0.717) is 31.1 Å². The molecular formula is C16H28N2O3. The first-order valence-corrected chi connectivity index (χ1v) is 8.31. The molecule has 0 bridgehead atoms. The molecule has 3 N–H and O–H groups in total. The van der Waals surface area contributed by atoms with Gasteiger partial charge >= 0.3 is 5.97 Å². The van der Waals surface area contributed by atoms with Crippen LogP contribution in [0.4, 0.5) is 0 Å². The lowest BCUT2D eigenvalue weighted by Crippen LogP contribution is -2.56. The van der Waals surface area contributed by atoms with Gasteiger partial charge in [0.2, 0.25) is 5.91 Å². The van der Waals surface area contributed by atoms with Gasteiger partial charge in [0.15, 0.2) is 0 Å². The van der Waals surface area contributed by atoms with Crippen molar-refractivity contribution in [3.8, 4) is 0 Å². The van der Waals surface area contributed by atoms with Gasteiger partial charge in [-0.2, -0.15) is 0 Å². The number of carboxylic acid groups (broad SMARTS) is 1. The zero-order chi connectivity index (χ0) is 15.3. The Balaban J connectivity index is 1.90. The molecule has 2 aliphatic rings. The molecule has 1 amide bonds. The van der Waals surface area contributed by atoms with Crippen molar-refractivity contribution < 1.29 is 14.7 Å². The molecule has 1 saturated carbocycles. The third kappa shape index (κ3) is 4.19. The van der Waals surface area contributed by atoms with E-state index in [1.165, 1.54) is 0 Å². The Bertz CT molecular complexity index is 370. The fraction of sp³-hybridized carbons (Fsp3) is 0.875. The monoisotopic (exact) mass is 296 g/mol. The summed E-state index contributed by atoms with van der Waals surface area (Å²) in [5, 5.41) is 15.7. The highest BCUT2D eigenvalue weighted by molar-refractivity contribution is 5.87. The molecule has 2 rings (SSSR count). The largest absolute Gasteiger partial charge is 0.480 e. The van der Waals surface area contributed by atoms with Gasteiger partial charge in [-0.25, -0.2) is 4.79 Å². The normalized spacial score (nSPS) is 33.4. The Morgan fingerprint density at radius 1 is 1.24 bits per heavy atom. The van der Waals surface area contributed by atoms with Gasteiger partial charge in [0.05, 0.1) is 0 Å². The lowest BCUT2D eigenvalue weighted by Gasteiger charge is -2.37. The lowest BCUT2D eigenvalue weighted by molar-refractivity contribution is -0.150. The predicted octanol–water partition coefficient (Wildman–Crippen LogP) is 1.92. The molecule has 2 fully saturated rings. The van der Waals surface area contributed by atoms with Gasteiger partial charge in [-0.05, 0) is 63.5 Å². The predicted molar refractivity (Wildman–Crippen MR) is 81.0 cm³/mol. The van der Waals surface area contributed by atoms with Crippen LogP contribution in [-0.4, -0.2) is 35.6 Å². The second kappa shape index (κ2) is 7.25. The van der Waals surface area contributed by atoms with Gasteiger partial charge in [0, 0.05) is 6.42 Å². The summed E-state index contributed by atoms with van der Waals surface area (Å²) in [6.07, 6.45) is 6.61. The van der Waals surface area contributed by atoms with Crippen LogP contribution in [0.2, 0.25) is 0 Å². The third-order valence-electron chi connectivity index (χ3n) is 5.20. The van der Waals surface area contributed by atoms with Gasteiger partial charge in [-0.1, -0.05) is 13.3 Å². The molecule has 1 aliphatic carbocycles. The number of hydrogen-bond donors (Lipinski definition) is 3. The van der Waals surface area contributed by atoms with Crippen LogP contribution in [-0.2, 0) is 9.59 Å². The number of aliphatic carboxylic acids is 1. The van der Waals surface area contributed by atoms with Crippen LogP contribution in [0.5, 0.6) is 0 Å². The molecule has 1 unspecified atom stereocenters. The molecule has 1 aliphatic heterocycles. The van der Waals surface area contributed by atoms with E-state index in [0.717, 1.165) is 45.2 Å². The van der Waals surface area contributed by atoms with Crippen molar-refractivity contribution in [1.29, 1.82) is 0 Å². The number of carbonyl (C=O) groups is 2. The maximum absolute atomic E-state index is 12.2. The first kappa shape index (κ1) is 16.3. The summed E-state index contributed by atoms with van der Waals surface area (Å²) in [7, 11) is 0. The third-order valence-corrected chi connectivity index (χ3v) is 5.20. The van der Waals surface area contributed by atoms with Gasteiger partial charge in [-0.3, -0.25) is 4.79 Å².